The number of quaternary nitrogens is 2. The van der Waals surface area contributed by atoms with Crippen molar-refractivity contribution in [2.45, 2.75) is 20.4 Å². The van der Waals surface area contributed by atoms with E-state index in [0.29, 0.717) is 6.54 Å². The molecule has 0 spiro atoms. The maximum Gasteiger partial charge on any atom is 0.279 e. The smallest absolute Gasteiger partial charge is 0.279 e. The van der Waals surface area contributed by atoms with Crippen LogP contribution in [-0.2, 0) is 11.3 Å². The van der Waals surface area contributed by atoms with Gasteiger partial charge in [-0.2, -0.15) is 0 Å². The van der Waals surface area contributed by atoms with E-state index in [1.807, 2.05) is 31.2 Å². The van der Waals surface area contributed by atoms with Crippen molar-refractivity contribution in [3.8, 4) is 0 Å². The fraction of sp³-hybridized carbons (Fsp3) is 0.381. The molecule has 2 aromatic rings. The summed E-state index contributed by atoms with van der Waals surface area (Å²) in [4.78, 5) is 15.2. The van der Waals surface area contributed by atoms with Crippen molar-refractivity contribution in [1.29, 1.82) is 0 Å². The first kappa shape index (κ1) is 18.5. The first-order valence-electron chi connectivity index (χ1n) is 9.28. The minimum Gasteiger partial charge on any atom is -0.322 e. The highest BCUT2D eigenvalue weighted by molar-refractivity contribution is 5.92. The Morgan fingerprint density at radius 1 is 1.00 bits per heavy atom. The third-order valence-electron chi connectivity index (χ3n) is 5.10. The van der Waals surface area contributed by atoms with Crippen molar-refractivity contribution >= 4 is 11.6 Å². The van der Waals surface area contributed by atoms with Gasteiger partial charge in [0.1, 0.15) is 38.5 Å². The summed E-state index contributed by atoms with van der Waals surface area (Å²) in [5.74, 6) is -0.109. The Morgan fingerprint density at radius 3 is 2.31 bits per heavy atom. The largest absolute Gasteiger partial charge is 0.322 e. The Morgan fingerprint density at radius 2 is 1.65 bits per heavy atom. The van der Waals surface area contributed by atoms with Gasteiger partial charge in [-0.1, -0.05) is 29.8 Å². The van der Waals surface area contributed by atoms with E-state index in [-0.39, 0.29) is 11.7 Å². The molecule has 4 nitrogen and oxygen atoms in total. The van der Waals surface area contributed by atoms with Crippen LogP contribution in [0.2, 0.25) is 0 Å². The predicted molar refractivity (Wildman–Crippen MR) is 101 cm³/mol. The number of hydrogen-bond donors (Lipinski definition) is 3. The van der Waals surface area contributed by atoms with Crippen molar-refractivity contribution in [2.75, 3.05) is 38.0 Å². The Kier molecular flexibility index (Phi) is 6.01. The minimum atomic E-state index is -0.187. The van der Waals surface area contributed by atoms with Gasteiger partial charge in [0, 0.05) is 11.3 Å². The molecule has 1 aliphatic rings. The summed E-state index contributed by atoms with van der Waals surface area (Å²) in [5.41, 5.74) is 4.37. The van der Waals surface area contributed by atoms with Gasteiger partial charge in [-0.25, -0.2) is 4.39 Å². The first-order chi connectivity index (χ1) is 12.5. The molecule has 0 aliphatic carbocycles. The number of hydrogen-bond acceptors (Lipinski definition) is 1. The molecular weight excluding hydrogens is 329 g/mol. The molecule has 3 rings (SSSR count). The van der Waals surface area contributed by atoms with Crippen LogP contribution in [0.5, 0.6) is 0 Å². The number of halogens is 1. The van der Waals surface area contributed by atoms with E-state index < -0.39 is 0 Å². The lowest BCUT2D eigenvalue weighted by molar-refractivity contribution is -1.02. The second kappa shape index (κ2) is 8.43. The summed E-state index contributed by atoms with van der Waals surface area (Å²) < 4.78 is 13.0. The molecule has 1 amide bonds. The van der Waals surface area contributed by atoms with Gasteiger partial charge in [0.15, 0.2) is 6.54 Å². The van der Waals surface area contributed by atoms with Crippen molar-refractivity contribution in [2.24, 2.45) is 0 Å². The zero-order valence-electron chi connectivity index (χ0n) is 15.6. The van der Waals surface area contributed by atoms with Crippen LogP contribution in [0.15, 0.2) is 42.5 Å². The van der Waals surface area contributed by atoms with Crippen LogP contribution in [0.4, 0.5) is 10.1 Å². The summed E-state index contributed by atoms with van der Waals surface area (Å²) in [6, 6.07) is 12.8. The van der Waals surface area contributed by atoms with Gasteiger partial charge in [0.25, 0.3) is 5.91 Å². The molecule has 0 aromatic heterocycles. The summed E-state index contributed by atoms with van der Waals surface area (Å²) in [7, 11) is 0. The van der Waals surface area contributed by atoms with Crippen LogP contribution < -0.4 is 15.1 Å². The summed E-state index contributed by atoms with van der Waals surface area (Å²) in [5, 5.41) is 3.04. The zero-order valence-corrected chi connectivity index (χ0v) is 15.6. The van der Waals surface area contributed by atoms with E-state index in [2.05, 4.69) is 18.3 Å². The molecule has 5 heteroatoms. The highest BCUT2D eigenvalue weighted by Gasteiger charge is 2.25. The second-order valence-corrected chi connectivity index (χ2v) is 7.35. The zero-order chi connectivity index (χ0) is 18.5. The molecule has 2 aromatic carbocycles. The number of aryl methyl sites for hydroxylation is 2. The number of carbonyl (C=O) groups excluding carboxylic acids is 1. The SMILES string of the molecule is Cc1ccc(NC(=O)C[NH+]2CC[NH+](Cc3ccc(F)cc3)CC2)c(C)c1. The van der Waals surface area contributed by atoms with Crippen LogP contribution in [-0.4, -0.2) is 38.6 Å². The second-order valence-electron chi connectivity index (χ2n) is 7.35. The average molecular weight is 357 g/mol. The van der Waals surface area contributed by atoms with Crippen LogP contribution in [0.25, 0.3) is 0 Å². The Hall–Kier alpha value is -2.24. The van der Waals surface area contributed by atoms with Gasteiger partial charge in [-0.3, -0.25) is 4.79 Å². The monoisotopic (exact) mass is 357 g/mol. The van der Waals surface area contributed by atoms with E-state index in [9.17, 15) is 9.18 Å². The molecule has 0 bridgehead atoms. The van der Waals surface area contributed by atoms with E-state index in [0.717, 1.165) is 49.5 Å². The summed E-state index contributed by atoms with van der Waals surface area (Å²) >= 11 is 0. The Balaban J connectivity index is 1.44. The molecule has 138 valence electrons. The van der Waals surface area contributed by atoms with Crippen molar-refractivity contribution in [1.82, 2.24) is 0 Å². The maximum absolute atomic E-state index is 13.0. The van der Waals surface area contributed by atoms with Crippen molar-refractivity contribution in [3.63, 3.8) is 0 Å². The van der Waals surface area contributed by atoms with Gasteiger partial charge < -0.3 is 15.1 Å². The number of anilines is 1. The third-order valence-corrected chi connectivity index (χ3v) is 5.10. The molecule has 0 saturated carbocycles. The molecule has 26 heavy (non-hydrogen) atoms. The van der Waals surface area contributed by atoms with Gasteiger partial charge in [0.05, 0.1) is 0 Å². The number of amides is 1. The van der Waals surface area contributed by atoms with Gasteiger partial charge in [-0.05, 0) is 37.6 Å². The van der Waals surface area contributed by atoms with Crippen LogP contribution in [0, 0.1) is 19.7 Å². The lowest BCUT2D eigenvalue weighted by Gasteiger charge is -2.29. The molecular formula is C21H28FN3O+2. The summed E-state index contributed by atoms with van der Waals surface area (Å²) in [6.45, 7) is 9.53. The highest BCUT2D eigenvalue weighted by Crippen LogP contribution is 2.15. The number of carbonyl (C=O) groups is 1. The van der Waals surface area contributed by atoms with Crippen LogP contribution in [0.1, 0.15) is 16.7 Å². The van der Waals surface area contributed by atoms with Crippen LogP contribution >= 0.6 is 0 Å². The number of nitrogens with one attached hydrogen (secondary N) is 3. The first-order valence-corrected chi connectivity index (χ1v) is 9.28. The van der Waals surface area contributed by atoms with Gasteiger partial charge in [0.2, 0.25) is 0 Å². The average Bonchev–Trinajstić information content (AvgIpc) is 2.61. The Labute approximate surface area is 154 Å². The van der Waals surface area contributed by atoms with Crippen molar-refractivity contribution < 1.29 is 19.0 Å². The van der Waals surface area contributed by atoms with E-state index in [1.165, 1.54) is 27.5 Å². The number of benzene rings is 2. The molecule has 1 aliphatic heterocycles. The van der Waals surface area contributed by atoms with E-state index in [1.54, 1.807) is 0 Å². The lowest BCUT2D eigenvalue weighted by Crippen LogP contribution is -3.28. The van der Waals surface area contributed by atoms with E-state index in [4.69, 9.17) is 0 Å². The standard InChI is InChI=1S/C21H26FN3O/c1-16-3-8-20(17(2)13-16)23-21(26)15-25-11-9-24(10-12-25)14-18-4-6-19(22)7-5-18/h3-8,13H,9-12,14-15H2,1-2H3,(H,23,26)/p+2. The topological polar surface area (TPSA) is 38.0 Å². The lowest BCUT2D eigenvalue weighted by atomic mass is 10.1. The fourth-order valence-electron chi connectivity index (χ4n) is 3.58. The number of rotatable bonds is 5. The van der Waals surface area contributed by atoms with Crippen molar-refractivity contribution in [3.05, 3.63) is 65.0 Å². The fourth-order valence-corrected chi connectivity index (χ4v) is 3.58. The van der Waals surface area contributed by atoms with Gasteiger partial charge >= 0.3 is 0 Å². The molecule has 1 fully saturated rings. The molecule has 0 radical (unpaired) electrons. The third kappa shape index (κ3) is 5.13. The molecule has 1 saturated heterocycles. The van der Waals surface area contributed by atoms with Crippen LogP contribution in [0.3, 0.4) is 0 Å². The normalized spacial score (nSPS) is 20.0. The number of piperazine rings is 1. The summed E-state index contributed by atoms with van der Waals surface area (Å²) in [6.07, 6.45) is 0. The minimum absolute atomic E-state index is 0.0777. The maximum atomic E-state index is 13.0. The molecule has 0 atom stereocenters. The van der Waals surface area contributed by atoms with Gasteiger partial charge in [-0.15, -0.1) is 0 Å². The highest BCUT2D eigenvalue weighted by atomic mass is 19.1. The quantitative estimate of drug-likeness (QED) is 0.711. The van der Waals surface area contributed by atoms with E-state index >= 15 is 0 Å². The molecule has 0 unspecified atom stereocenters. The molecule has 3 N–H and O–H groups in total. The Bertz CT molecular complexity index is 752. The predicted octanol–water partition coefficient (Wildman–Crippen LogP) is 0.365. The molecule has 1 heterocycles.